The van der Waals surface area contributed by atoms with Gasteiger partial charge >= 0.3 is 5.97 Å². The number of hydrogen-bond donors (Lipinski definition) is 1. The van der Waals surface area contributed by atoms with Gasteiger partial charge in [0.1, 0.15) is 5.75 Å². The van der Waals surface area contributed by atoms with Crippen LogP contribution in [-0.4, -0.2) is 42.1 Å². The fraction of sp³-hybridized carbons (Fsp3) is 0.263. The Morgan fingerprint density at radius 1 is 1.12 bits per heavy atom. The number of aliphatic carboxylic acids is 1. The van der Waals surface area contributed by atoms with Gasteiger partial charge in [0.25, 0.3) is 5.91 Å². The first-order valence-corrected chi connectivity index (χ1v) is 7.82. The number of carboxylic acids is 1. The molecule has 2 rings (SSSR count). The number of carboxylic acid groups (broad SMARTS) is 1. The molecular weight excluding hydrogens is 306 g/mol. The summed E-state index contributed by atoms with van der Waals surface area (Å²) < 4.78 is 5.64. The summed E-state index contributed by atoms with van der Waals surface area (Å²) in [6.07, 6.45) is -0.0743. The smallest absolute Gasteiger partial charge is 0.305 e. The van der Waals surface area contributed by atoms with Crippen molar-refractivity contribution in [2.75, 3.05) is 20.2 Å². The van der Waals surface area contributed by atoms with Gasteiger partial charge in [0.2, 0.25) is 0 Å². The van der Waals surface area contributed by atoms with E-state index in [2.05, 4.69) is 0 Å². The second kappa shape index (κ2) is 8.15. The predicted octanol–water partition coefficient (Wildman–Crippen LogP) is 3.30. The average Bonchev–Trinajstić information content (AvgIpc) is 2.60. The molecule has 0 aliphatic heterocycles. The van der Waals surface area contributed by atoms with Gasteiger partial charge in [-0.15, -0.1) is 0 Å². The van der Waals surface area contributed by atoms with Crippen molar-refractivity contribution >= 4 is 11.9 Å². The minimum Gasteiger partial charge on any atom is -0.493 e. The number of benzene rings is 2. The highest BCUT2D eigenvalue weighted by atomic mass is 16.5. The zero-order valence-electron chi connectivity index (χ0n) is 13.9. The van der Waals surface area contributed by atoms with Crippen molar-refractivity contribution in [3.8, 4) is 16.9 Å². The van der Waals surface area contributed by atoms with E-state index in [1.54, 1.807) is 19.2 Å². The molecule has 0 aliphatic rings. The molecule has 126 valence electrons. The Bertz CT molecular complexity index is 727. The Morgan fingerprint density at radius 2 is 1.88 bits per heavy atom. The molecular formula is C19H21NO4. The van der Waals surface area contributed by atoms with Crippen molar-refractivity contribution in [1.82, 2.24) is 4.90 Å². The van der Waals surface area contributed by atoms with E-state index < -0.39 is 5.97 Å². The number of rotatable bonds is 7. The summed E-state index contributed by atoms with van der Waals surface area (Å²) >= 11 is 0. The zero-order valence-corrected chi connectivity index (χ0v) is 13.9. The second-order valence-electron chi connectivity index (χ2n) is 5.38. The largest absolute Gasteiger partial charge is 0.493 e. The van der Waals surface area contributed by atoms with E-state index in [4.69, 9.17) is 9.84 Å². The van der Waals surface area contributed by atoms with Crippen LogP contribution in [0.3, 0.4) is 0 Å². The lowest BCUT2D eigenvalue weighted by Gasteiger charge is -2.17. The second-order valence-corrected chi connectivity index (χ2v) is 5.38. The van der Waals surface area contributed by atoms with Crippen LogP contribution >= 0.6 is 0 Å². The molecule has 0 atom stereocenters. The lowest BCUT2D eigenvalue weighted by Crippen LogP contribution is -2.29. The van der Waals surface area contributed by atoms with E-state index in [0.29, 0.717) is 12.2 Å². The summed E-state index contributed by atoms with van der Waals surface area (Å²) in [7, 11) is 1.60. The van der Waals surface area contributed by atoms with Crippen LogP contribution in [0.15, 0.2) is 48.5 Å². The molecule has 0 heterocycles. The van der Waals surface area contributed by atoms with Crippen LogP contribution < -0.4 is 4.74 Å². The topological polar surface area (TPSA) is 66.8 Å². The minimum atomic E-state index is -0.922. The van der Waals surface area contributed by atoms with Crippen LogP contribution in [0.25, 0.3) is 11.1 Å². The number of amides is 1. The molecule has 1 amide bonds. The molecule has 5 heteroatoms. The van der Waals surface area contributed by atoms with Gasteiger partial charge in [-0.05, 0) is 30.7 Å². The molecule has 2 aromatic carbocycles. The molecule has 0 saturated heterocycles. The third-order valence-electron chi connectivity index (χ3n) is 3.62. The highest BCUT2D eigenvalue weighted by Gasteiger charge is 2.14. The molecule has 0 radical (unpaired) electrons. The van der Waals surface area contributed by atoms with Gasteiger partial charge in [-0.25, -0.2) is 0 Å². The maximum atomic E-state index is 12.5. The van der Waals surface area contributed by atoms with E-state index in [0.717, 1.165) is 16.9 Å². The molecule has 0 spiro atoms. The van der Waals surface area contributed by atoms with Crippen molar-refractivity contribution in [3.05, 3.63) is 54.1 Å². The van der Waals surface area contributed by atoms with Gasteiger partial charge in [-0.3, -0.25) is 9.59 Å². The van der Waals surface area contributed by atoms with Crippen LogP contribution in [0.2, 0.25) is 0 Å². The van der Waals surface area contributed by atoms with Gasteiger partial charge in [0, 0.05) is 24.7 Å². The number of carbonyl (C=O) groups excluding carboxylic acids is 1. The SMILES string of the molecule is CCOc1ccccc1-c1cccc(C(=O)N(C)CCC(=O)O)c1. The fourth-order valence-corrected chi connectivity index (χ4v) is 2.39. The van der Waals surface area contributed by atoms with Gasteiger partial charge in [-0.2, -0.15) is 0 Å². The number of hydrogen-bond acceptors (Lipinski definition) is 3. The van der Waals surface area contributed by atoms with E-state index in [9.17, 15) is 9.59 Å². The van der Waals surface area contributed by atoms with Crippen molar-refractivity contribution < 1.29 is 19.4 Å². The van der Waals surface area contributed by atoms with Crippen molar-refractivity contribution in [3.63, 3.8) is 0 Å². The minimum absolute atomic E-state index is 0.0743. The predicted molar refractivity (Wildman–Crippen MR) is 92.3 cm³/mol. The Hall–Kier alpha value is -2.82. The van der Waals surface area contributed by atoms with Crippen molar-refractivity contribution in [2.45, 2.75) is 13.3 Å². The number of ether oxygens (including phenoxy) is 1. The fourth-order valence-electron chi connectivity index (χ4n) is 2.39. The number of para-hydroxylation sites is 1. The van der Waals surface area contributed by atoms with E-state index in [1.807, 2.05) is 43.3 Å². The van der Waals surface area contributed by atoms with Crippen LogP contribution in [-0.2, 0) is 4.79 Å². The third-order valence-corrected chi connectivity index (χ3v) is 3.62. The normalized spacial score (nSPS) is 10.2. The molecule has 0 saturated carbocycles. The molecule has 2 aromatic rings. The highest BCUT2D eigenvalue weighted by molar-refractivity contribution is 5.95. The maximum absolute atomic E-state index is 12.5. The first kappa shape index (κ1) is 17.5. The summed E-state index contributed by atoms with van der Waals surface area (Å²) in [5.41, 5.74) is 2.32. The van der Waals surface area contributed by atoms with E-state index in [-0.39, 0.29) is 18.9 Å². The molecule has 1 N–H and O–H groups in total. The molecule has 5 nitrogen and oxygen atoms in total. The van der Waals surface area contributed by atoms with Crippen LogP contribution in [0.4, 0.5) is 0 Å². The van der Waals surface area contributed by atoms with Gasteiger partial charge in [0.05, 0.1) is 13.0 Å². The standard InChI is InChI=1S/C19H21NO4/c1-3-24-17-10-5-4-9-16(17)14-7-6-8-15(13-14)19(23)20(2)12-11-18(21)22/h4-10,13H,3,11-12H2,1-2H3,(H,21,22). The van der Waals surface area contributed by atoms with Crippen molar-refractivity contribution in [1.29, 1.82) is 0 Å². The molecule has 0 unspecified atom stereocenters. The molecule has 0 fully saturated rings. The Labute approximate surface area is 141 Å². The van der Waals surface area contributed by atoms with Crippen LogP contribution in [0.1, 0.15) is 23.7 Å². The summed E-state index contributed by atoms with van der Waals surface area (Å²) in [5, 5.41) is 8.74. The van der Waals surface area contributed by atoms with E-state index in [1.165, 1.54) is 4.90 Å². The summed E-state index contributed by atoms with van der Waals surface area (Å²) in [4.78, 5) is 24.5. The number of carbonyl (C=O) groups is 2. The molecule has 0 bridgehead atoms. The summed E-state index contributed by atoms with van der Waals surface area (Å²) in [6, 6.07) is 14.9. The first-order valence-electron chi connectivity index (χ1n) is 7.82. The molecule has 0 aliphatic carbocycles. The Morgan fingerprint density at radius 3 is 2.58 bits per heavy atom. The van der Waals surface area contributed by atoms with Crippen molar-refractivity contribution in [2.24, 2.45) is 0 Å². The maximum Gasteiger partial charge on any atom is 0.305 e. The monoisotopic (exact) mass is 327 g/mol. The average molecular weight is 327 g/mol. The Balaban J connectivity index is 2.26. The van der Waals surface area contributed by atoms with Gasteiger partial charge in [-0.1, -0.05) is 30.3 Å². The quantitative estimate of drug-likeness (QED) is 0.847. The summed E-state index contributed by atoms with van der Waals surface area (Å²) in [5.74, 6) is -0.357. The van der Waals surface area contributed by atoms with Gasteiger partial charge in [0.15, 0.2) is 0 Å². The summed E-state index contributed by atoms with van der Waals surface area (Å²) in [6.45, 7) is 2.66. The lowest BCUT2D eigenvalue weighted by atomic mass is 10.0. The molecule has 0 aromatic heterocycles. The number of nitrogens with zero attached hydrogens (tertiary/aromatic N) is 1. The van der Waals surface area contributed by atoms with Crippen LogP contribution in [0.5, 0.6) is 5.75 Å². The lowest BCUT2D eigenvalue weighted by molar-refractivity contribution is -0.137. The van der Waals surface area contributed by atoms with Crippen LogP contribution in [0, 0.1) is 0 Å². The third kappa shape index (κ3) is 4.35. The first-order chi connectivity index (χ1) is 11.5. The zero-order chi connectivity index (χ0) is 17.5. The molecule has 24 heavy (non-hydrogen) atoms. The Kier molecular flexibility index (Phi) is 5.95. The van der Waals surface area contributed by atoms with E-state index >= 15 is 0 Å². The van der Waals surface area contributed by atoms with Gasteiger partial charge < -0.3 is 14.7 Å². The highest BCUT2D eigenvalue weighted by Crippen LogP contribution is 2.30.